The van der Waals surface area contributed by atoms with E-state index in [1.807, 2.05) is 18.2 Å². The highest BCUT2D eigenvalue weighted by molar-refractivity contribution is 5.51. The van der Waals surface area contributed by atoms with Gasteiger partial charge in [-0.1, -0.05) is 6.07 Å². The van der Waals surface area contributed by atoms with Gasteiger partial charge < -0.3 is 10.2 Å². The minimum Gasteiger partial charge on any atom is -0.371 e. The summed E-state index contributed by atoms with van der Waals surface area (Å²) < 4.78 is 0. The van der Waals surface area contributed by atoms with Crippen molar-refractivity contribution in [1.82, 2.24) is 5.32 Å². The molecule has 0 radical (unpaired) electrons. The van der Waals surface area contributed by atoms with E-state index in [2.05, 4.69) is 36.2 Å². The van der Waals surface area contributed by atoms with Crippen LogP contribution in [0, 0.1) is 11.3 Å². The normalized spacial score (nSPS) is 19.7. The Morgan fingerprint density at radius 1 is 1.33 bits per heavy atom. The Hall–Kier alpha value is -1.53. The van der Waals surface area contributed by atoms with Crippen molar-refractivity contribution in [2.24, 2.45) is 0 Å². The lowest BCUT2D eigenvalue weighted by Crippen LogP contribution is -2.46. The highest BCUT2D eigenvalue weighted by Gasteiger charge is 2.21. The Morgan fingerprint density at radius 3 is 2.94 bits per heavy atom. The fraction of sp³-hybridized carbons (Fsp3) is 0.533. The van der Waals surface area contributed by atoms with Gasteiger partial charge in [-0.05, 0) is 51.4 Å². The number of nitrogens with zero attached hydrogens (tertiary/aromatic N) is 2. The zero-order valence-electron chi connectivity index (χ0n) is 11.2. The van der Waals surface area contributed by atoms with Gasteiger partial charge in [0, 0.05) is 24.3 Å². The van der Waals surface area contributed by atoms with Crippen molar-refractivity contribution >= 4 is 5.69 Å². The van der Waals surface area contributed by atoms with Crippen molar-refractivity contribution in [2.75, 3.05) is 24.5 Å². The van der Waals surface area contributed by atoms with E-state index in [0.29, 0.717) is 0 Å². The van der Waals surface area contributed by atoms with Gasteiger partial charge in [-0.25, -0.2) is 0 Å². The number of benzene rings is 1. The Bertz CT molecular complexity index is 445. The lowest BCUT2D eigenvalue weighted by Gasteiger charge is -2.35. The summed E-state index contributed by atoms with van der Waals surface area (Å²) in [5, 5.41) is 12.5. The highest BCUT2D eigenvalue weighted by atomic mass is 15.1. The molecule has 96 valence electrons. The average Bonchev–Trinajstić information content (AvgIpc) is 2.35. The van der Waals surface area contributed by atoms with E-state index < -0.39 is 0 Å². The summed E-state index contributed by atoms with van der Waals surface area (Å²) in [4.78, 5) is 2.39. The van der Waals surface area contributed by atoms with E-state index in [-0.39, 0.29) is 5.54 Å². The first-order chi connectivity index (χ1) is 8.61. The zero-order valence-corrected chi connectivity index (χ0v) is 11.2. The lowest BCUT2D eigenvalue weighted by atomic mass is 9.98. The summed E-state index contributed by atoms with van der Waals surface area (Å²) in [5.74, 6) is 0. The third-order valence-corrected chi connectivity index (χ3v) is 3.56. The van der Waals surface area contributed by atoms with Crippen LogP contribution in [0.4, 0.5) is 5.69 Å². The average molecular weight is 243 g/mol. The van der Waals surface area contributed by atoms with Crippen molar-refractivity contribution < 1.29 is 0 Å². The van der Waals surface area contributed by atoms with Crippen molar-refractivity contribution in [1.29, 1.82) is 5.26 Å². The summed E-state index contributed by atoms with van der Waals surface area (Å²) >= 11 is 0. The number of nitriles is 1. The molecule has 1 aromatic rings. The van der Waals surface area contributed by atoms with Crippen LogP contribution in [0.2, 0.25) is 0 Å². The van der Waals surface area contributed by atoms with Crippen LogP contribution in [0.3, 0.4) is 0 Å². The summed E-state index contributed by atoms with van der Waals surface area (Å²) in [6, 6.07) is 10.1. The standard InChI is InChI=1S/C15H21N3/c1-15(2)7-10-18(9-4-8-17-15)14-6-3-5-13(11-14)12-16/h3,5-6,11,17H,4,7-10H2,1-2H3. The van der Waals surface area contributed by atoms with E-state index >= 15 is 0 Å². The molecule has 1 heterocycles. The third-order valence-electron chi connectivity index (χ3n) is 3.56. The van der Waals surface area contributed by atoms with E-state index in [0.717, 1.165) is 38.0 Å². The Kier molecular flexibility index (Phi) is 3.88. The first-order valence-electron chi connectivity index (χ1n) is 6.61. The maximum absolute atomic E-state index is 8.97. The van der Waals surface area contributed by atoms with Gasteiger partial charge >= 0.3 is 0 Å². The predicted molar refractivity (Wildman–Crippen MR) is 74.7 cm³/mol. The highest BCUT2D eigenvalue weighted by Crippen LogP contribution is 2.20. The molecule has 0 bridgehead atoms. The molecule has 3 heteroatoms. The molecule has 0 saturated carbocycles. The summed E-state index contributed by atoms with van der Waals surface area (Å²) in [7, 11) is 0. The number of anilines is 1. The van der Waals surface area contributed by atoms with Crippen LogP contribution in [-0.4, -0.2) is 25.2 Å². The third kappa shape index (κ3) is 3.24. The first kappa shape index (κ1) is 12.9. The van der Waals surface area contributed by atoms with E-state index in [1.54, 1.807) is 0 Å². The summed E-state index contributed by atoms with van der Waals surface area (Å²) in [6.07, 6.45) is 2.25. The van der Waals surface area contributed by atoms with Gasteiger partial charge in [0.25, 0.3) is 0 Å². The van der Waals surface area contributed by atoms with Crippen LogP contribution in [-0.2, 0) is 0 Å². The lowest BCUT2D eigenvalue weighted by molar-refractivity contribution is 0.347. The van der Waals surface area contributed by atoms with Gasteiger partial charge in [0.1, 0.15) is 0 Å². The molecule has 1 fully saturated rings. The van der Waals surface area contributed by atoms with Gasteiger partial charge in [-0.2, -0.15) is 5.26 Å². The molecule has 1 saturated heterocycles. The van der Waals surface area contributed by atoms with Crippen molar-refractivity contribution in [2.45, 2.75) is 32.2 Å². The van der Waals surface area contributed by atoms with Crippen LogP contribution in [0.1, 0.15) is 32.3 Å². The molecule has 1 N–H and O–H groups in total. The number of rotatable bonds is 1. The van der Waals surface area contributed by atoms with E-state index in [9.17, 15) is 0 Å². The van der Waals surface area contributed by atoms with Crippen LogP contribution in [0.25, 0.3) is 0 Å². The van der Waals surface area contributed by atoms with Crippen LogP contribution >= 0.6 is 0 Å². The Morgan fingerprint density at radius 2 is 2.17 bits per heavy atom. The molecule has 0 spiro atoms. The first-order valence-corrected chi connectivity index (χ1v) is 6.61. The molecule has 1 aromatic carbocycles. The van der Waals surface area contributed by atoms with Crippen LogP contribution in [0.15, 0.2) is 24.3 Å². The SMILES string of the molecule is CC1(C)CCN(c2cccc(C#N)c2)CCCN1. The minimum atomic E-state index is 0.200. The molecule has 0 aromatic heterocycles. The molecular weight excluding hydrogens is 222 g/mol. The van der Waals surface area contributed by atoms with E-state index in [1.165, 1.54) is 5.69 Å². The Labute approximate surface area is 109 Å². The molecule has 1 aliphatic rings. The second-order valence-corrected chi connectivity index (χ2v) is 5.56. The predicted octanol–water partition coefficient (Wildman–Crippen LogP) is 2.53. The summed E-state index contributed by atoms with van der Waals surface area (Å²) in [5.41, 5.74) is 2.12. The van der Waals surface area contributed by atoms with Crippen molar-refractivity contribution in [3.63, 3.8) is 0 Å². The van der Waals surface area contributed by atoms with Gasteiger partial charge in [-0.15, -0.1) is 0 Å². The van der Waals surface area contributed by atoms with Crippen LogP contribution < -0.4 is 10.2 Å². The molecule has 2 rings (SSSR count). The molecule has 0 amide bonds. The maximum Gasteiger partial charge on any atom is 0.0992 e. The van der Waals surface area contributed by atoms with Gasteiger partial charge in [0.2, 0.25) is 0 Å². The fourth-order valence-corrected chi connectivity index (χ4v) is 2.34. The molecule has 18 heavy (non-hydrogen) atoms. The molecule has 0 unspecified atom stereocenters. The van der Waals surface area contributed by atoms with Crippen molar-refractivity contribution in [3.05, 3.63) is 29.8 Å². The summed E-state index contributed by atoms with van der Waals surface area (Å²) in [6.45, 7) is 7.65. The largest absolute Gasteiger partial charge is 0.371 e. The number of nitrogens with one attached hydrogen (secondary N) is 1. The van der Waals surface area contributed by atoms with Crippen molar-refractivity contribution in [3.8, 4) is 6.07 Å². The van der Waals surface area contributed by atoms with Crippen LogP contribution in [0.5, 0.6) is 0 Å². The fourth-order valence-electron chi connectivity index (χ4n) is 2.34. The minimum absolute atomic E-state index is 0.200. The van der Waals surface area contributed by atoms with Gasteiger partial charge in [-0.3, -0.25) is 0 Å². The van der Waals surface area contributed by atoms with E-state index in [4.69, 9.17) is 5.26 Å². The molecule has 3 nitrogen and oxygen atoms in total. The number of hydrogen-bond donors (Lipinski definition) is 1. The molecule has 0 aliphatic carbocycles. The second-order valence-electron chi connectivity index (χ2n) is 5.56. The quantitative estimate of drug-likeness (QED) is 0.824. The second kappa shape index (κ2) is 5.41. The molecular formula is C15H21N3. The smallest absolute Gasteiger partial charge is 0.0992 e. The van der Waals surface area contributed by atoms with Gasteiger partial charge in [0.05, 0.1) is 11.6 Å². The zero-order chi connectivity index (χ0) is 13.0. The maximum atomic E-state index is 8.97. The van der Waals surface area contributed by atoms with Gasteiger partial charge in [0.15, 0.2) is 0 Å². The molecule has 1 aliphatic heterocycles. The topological polar surface area (TPSA) is 39.1 Å². The Balaban J connectivity index is 2.13. The number of hydrogen-bond acceptors (Lipinski definition) is 3. The monoisotopic (exact) mass is 243 g/mol. The molecule has 0 atom stereocenters.